The molecule has 2 heterocycles. The second-order valence-corrected chi connectivity index (χ2v) is 6.30. The van der Waals surface area contributed by atoms with Crippen molar-refractivity contribution in [3.8, 4) is 0 Å². The maximum Gasteiger partial charge on any atom is 0.269 e. The summed E-state index contributed by atoms with van der Waals surface area (Å²) < 4.78 is 5.46. The van der Waals surface area contributed by atoms with Crippen LogP contribution in [-0.2, 0) is 4.74 Å². The molecule has 1 aromatic carbocycles. The Labute approximate surface area is 136 Å². The second-order valence-electron chi connectivity index (χ2n) is 6.30. The van der Waals surface area contributed by atoms with Crippen LogP contribution in [0.1, 0.15) is 23.3 Å². The molecule has 1 aromatic heterocycles. The van der Waals surface area contributed by atoms with Crippen LogP contribution in [0, 0.1) is 0 Å². The predicted molar refractivity (Wildman–Crippen MR) is 90.5 cm³/mol. The molecule has 0 radical (unpaired) electrons. The Bertz CT molecular complexity index is 693. The molecule has 5 nitrogen and oxygen atoms in total. The molecule has 3 rings (SSSR count). The van der Waals surface area contributed by atoms with Crippen molar-refractivity contribution >= 4 is 16.8 Å². The van der Waals surface area contributed by atoms with Gasteiger partial charge in [0.15, 0.2) is 0 Å². The average molecular weight is 313 g/mol. The fraction of sp³-hybridized carbons (Fsp3) is 0.444. The smallest absolute Gasteiger partial charge is 0.269 e. The molecule has 23 heavy (non-hydrogen) atoms. The Morgan fingerprint density at radius 3 is 2.70 bits per heavy atom. The van der Waals surface area contributed by atoms with Crippen molar-refractivity contribution in [2.75, 3.05) is 33.9 Å². The number of aromatic nitrogens is 1. The number of likely N-dealkylation sites (N-methyl/N-ethyl adjacent to an activating group) is 1. The fourth-order valence-corrected chi connectivity index (χ4v) is 3.06. The lowest BCUT2D eigenvalue weighted by atomic mass is 9.88. The van der Waals surface area contributed by atoms with Crippen molar-refractivity contribution in [1.29, 1.82) is 0 Å². The number of hydrogen-bond acceptors (Lipinski definition) is 4. The first-order chi connectivity index (χ1) is 11.1. The average Bonchev–Trinajstić information content (AvgIpc) is 2.60. The topological polar surface area (TPSA) is 54.5 Å². The molecule has 122 valence electrons. The van der Waals surface area contributed by atoms with E-state index in [1.807, 2.05) is 30.3 Å². The van der Waals surface area contributed by atoms with E-state index in [9.17, 15) is 4.79 Å². The molecular formula is C18H23N3O2. The zero-order chi connectivity index (χ0) is 16.3. The van der Waals surface area contributed by atoms with E-state index in [1.54, 1.807) is 6.07 Å². The van der Waals surface area contributed by atoms with Crippen LogP contribution >= 0.6 is 0 Å². The molecule has 5 heteroatoms. The number of para-hydroxylation sites is 1. The number of carbonyl (C=O) groups excluding carboxylic acids is 1. The molecule has 0 spiro atoms. The molecule has 0 bridgehead atoms. The number of benzene rings is 1. The molecule has 1 aliphatic rings. The second kappa shape index (κ2) is 6.64. The first-order valence-electron chi connectivity index (χ1n) is 8.00. The van der Waals surface area contributed by atoms with Gasteiger partial charge in [0.2, 0.25) is 0 Å². The largest absolute Gasteiger partial charge is 0.381 e. The molecule has 1 fully saturated rings. The van der Waals surface area contributed by atoms with Gasteiger partial charge in [0.1, 0.15) is 5.69 Å². The van der Waals surface area contributed by atoms with Crippen LogP contribution in [0.25, 0.3) is 10.9 Å². The highest BCUT2D eigenvalue weighted by atomic mass is 16.5. The molecule has 2 aromatic rings. The Hall–Kier alpha value is -1.98. The molecular weight excluding hydrogens is 290 g/mol. The third-order valence-corrected chi connectivity index (χ3v) is 4.78. The van der Waals surface area contributed by atoms with Crippen LogP contribution < -0.4 is 5.32 Å². The van der Waals surface area contributed by atoms with Crippen molar-refractivity contribution < 1.29 is 9.53 Å². The molecule has 0 atom stereocenters. The highest BCUT2D eigenvalue weighted by Crippen LogP contribution is 2.25. The Balaban J connectivity index is 1.72. The summed E-state index contributed by atoms with van der Waals surface area (Å²) in [5, 5.41) is 4.10. The number of amides is 1. The molecule has 0 unspecified atom stereocenters. The minimum absolute atomic E-state index is 0.0369. The van der Waals surface area contributed by atoms with Gasteiger partial charge in [0.25, 0.3) is 5.91 Å². The summed E-state index contributed by atoms with van der Waals surface area (Å²) >= 11 is 0. The quantitative estimate of drug-likeness (QED) is 0.939. The number of pyridine rings is 1. The minimum Gasteiger partial charge on any atom is -0.381 e. The van der Waals surface area contributed by atoms with Gasteiger partial charge >= 0.3 is 0 Å². The van der Waals surface area contributed by atoms with E-state index in [1.165, 1.54) is 0 Å². The standard InChI is InChI=1S/C18H23N3O2/c1-21(2)18(9-11-23-12-10-18)13-19-17(22)16-8-7-14-5-3-4-6-15(14)20-16/h3-8H,9-13H2,1-2H3,(H,19,22). The van der Waals surface area contributed by atoms with Crippen molar-refractivity contribution in [3.63, 3.8) is 0 Å². The highest BCUT2D eigenvalue weighted by Gasteiger charge is 2.35. The van der Waals surface area contributed by atoms with Crippen LogP contribution in [0.15, 0.2) is 36.4 Å². The van der Waals surface area contributed by atoms with E-state index in [4.69, 9.17) is 4.74 Å². The summed E-state index contributed by atoms with van der Waals surface area (Å²) in [7, 11) is 4.12. The third kappa shape index (κ3) is 3.35. The van der Waals surface area contributed by atoms with Crippen molar-refractivity contribution in [2.45, 2.75) is 18.4 Å². The van der Waals surface area contributed by atoms with E-state index < -0.39 is 0 Å². The van der Waals surface area contributed by atoms with Gasteiger partial charge < -0.3 is 15.0 Å². The summed E-state index contributed by atoms with van der Waals surface area (Å²) in [4.78, 5) is 19.1. The van der Waals surface area contributed by atoms with Gasteiger partial charge in [-0.25, -0.2) is 4.98 Å². The molecule has 1 amide bonds. The lowest BCUT2D eigenvalue weighted by molar-refractivity contribution is -0.00659. The van der Waals surface area contributed by atoms with Gasteiger partial charge in [-0.15, -0.1) is 0 Å². The van der Waals surface area contributed by atoms with Crippen LogP contribution in [0.5, 0.6) is 0 Å². The first-order valence-corrected chi connectivity index (χ1v) is 8.00. The zero-order valence-electron chi connectivity index (χ0n) is 13.7. The number of fused-ring (bicyclic) bond motifs is 1. The van der Waals surface area contributed by atoms with Gasteiger partial charge in [-0.1, -0.05) is 24.3 Å². The van der Waals surface area contributed by atoms with Crippen molar-refractivity contribution in [1.82, 2.24) is 15.2 Å². The molecule has 0 aliphatic carbocycles. The van der Waals surface area contributed by atoms with E-state index in [0.29, 0.717) is 12.2 Å². The van der Waals surface area contributed by atoms with Crippen LogP contribution in [-0.4, -0.2) is 55.2 Å². The minimum atomic E-state index is -0.122. The molecule has 1 N–H and O–H groups in total. The monoisotopic (exact) mass is 313 g/mol. The van der Waals surface area contributed by atoms with Crippen molar-refractivity contribution in [2.24, 2.45) is 0 Å². The number of ether oxygens (including phenoxy) is 1. The Kier molecular flexibility index (Phi) is 4.59. The highest BCUT2D eigenvalue weighted by molar-refractivity contribution is 5.94. The van der Waals surface area contributed by atoms with Crippen molar-refractivity contribution in [3.05, 3.63) is 42.1 Å². The van der Waals surface area contributed by atoms with Crippen LogP contribution in [0.2, 0.25) is 0 Å². The van der Waals surface area contributed by atoms with E-state index in [2.05, 4.69) is 29.3 Å². The van der Waals surface area contributed by atoms with Crippen LogP contribution in [0.3, 0.4) is 0 Å². The fourth-order valence-electron chi connectivity index (χ4n) is 3.06. The van der Waals surface area contributed by atoms with E-state index >= 15 is 0 Å². The van der Waals surface area contributed by atoms with Gasteiger partial charge in [-0.2, -0.15) is 0 Å². The third-order valence-electron chi connectivity index (χ3n) is 4.78. The number of nitrogens with zero attached hydrogens (tertiary/aromatic N) is 2. The van der Waals surface area contributed by atoms with Crippen LogP contribution in [0.4, 0.5) is 0 Å². The van der Waals surface area contributed by atoms with E-state index in [-0.39, 0.29) is 11.4 Å². The summed E-state index contributed by atoms with van der Waals surface area (Å²) in [5.41, 5.74) is 1.27. The maximum absolute atomic E-state index is 12.5. The molecule has 1 aliphatic heterocycles. The normalized spacial score (nSPS) is 17.3. The molecule has 1 saturated heterocycles. The van der Waals surface area contributed by atoms with Gasteiger partial charge in [0, 0.05) is 30.7 Å². The number of nitrogens with one attached hydrogen (secondary N) is 1. The Morgan fingerprint density at radius 2 is 1.96 bits per heavy atom. The lowest BCUT2D eigenvalue weighted by Crippen LogP contribution is -2.55. The number of rotatable bonds is 4. The lowest BCUT2D eigenvalue weighted by Gasteiger charge is -2.42. The number of hydrogen-bond donors (Lipinski definition) is 1. The summed E-state index contributed by atoms with van der Waals surface area (Å²) in [6, 6.07) is 11.5. The number of carbonyl (C=O) groups is 1. The van der Waals surface area contributed by atoms with Gasteiger partial charge in [-0.3, -0.25) is 4.79 Å². The Morgan fingerprint density at radius 1 is 1.22 bits per heavy atom. The summed E-state index contributed by atoms with van der Waals surface area (Å²) in [6.45, 7) is 2.08. The zero-order valence-corrected chi connectivity index (χ0v) is 13.7. The van der Waals surface area contributed by atoms with Gasteiger partial charge in [-0.05, 0) is 39.1 Å². The molecule has 0 saturated carbocycles. The first kappa shape index (κ1) is 15.9. The summed E-state index contributed by atoms with van der Waals surface area (Å²) in [5.74, 6) is -0.122. The van der Waals surface area contributed by atoms with Gasteiger partial charge in [0.05, 0.1) is 5.52 Å². The summed E-state index contributed by atoms with van der Waals surface area (Å²) in [6.07, 6.45) is 1.84. The predicted octanol–water partition coefficient (Wildman–Crippen LogP) is 2.08. The van der Waals surface area contributed by atoms with E-state index in [0.717, 1.165) is 37.0 Å². The maximum atomic E-state index is 12.5. The SMILES string of the molecule is CN(C)C1(CNC(=O)c2ccc3ccccc3n2)CCOCC1.